The highest BCUT2D eigenvalue weighted by Crippen LogP contribution is 2.22. The predicted molar refractivity (Wildman–Crippen MR) is 78.8 cm³/mol. The van der Waals surface area contributed by atoms with E-state index in [1.807, 2.05) is 23.9 Å². The Kier molecular flexibility index (Phi) is 3.44. The maximum absolute atomic E-state index is 6.05. The number of nitrogens with zero attached hydrogens (tertiary/aromatic N) is 5. The largest absolute Gasteiger partial charge is 0.307 e. The average molecular weight is 290 g/mol. The van der Waals surface area contributed by atoms with Crippen LogP contribution >= 0.6 is 11.6 Å². The molecule has 3 heterocycles. The van der Waals surface area contributed by atoms with Gasteiger partial charge in [-0.2, -0.15) is 5.10 Å². The molecule has 104 valence electrons. The number of imidazole rings is 1. The van der Waals surface area contributed by atoms with Crippen LogP contribution in [0.2, 0.25) is 0 Å². The van der Waals surface area contributed by atoms with Crippen molar-refractivity contribution >= 4 is 22.8 Å². The highest BCUT2D eigenvalue weighted by atomic mass is 35.5. The second-order valence-electron chi connectivity index (χ2n) is 4.70. The van der Waals surface area contributed by atoms with Crippen LogP contribution in [0.3, 0.4) is 0 Å². The van der Waals surface area contributed by atoms with Crippen LogP contribution in [0.1, 0.15) is 24.0 Å². The first kappa shape index (κ1) is 13.1. The smallest absolute Gasteiger partial charge is 0.159 e. The molecule has 0 saturated carbocycles. The van der Waals surface area contributed by atoms with E-state index in [-0.39, 0.29) is 0 Å². The standard InChI is InChI=1S/C14H16ClN5/c1-3-11-13-14(19(2)18-11)20(12(8-15)17-13)9-10-4-6-16-7-5-10/h4-7H,3,8-9H2,1-2H3. The molecule has 3 aromatic heterocycles. The first-order valence-corrected chi connectivity index (χ1v) is 7.14. The third-order valence-corrected chi connectivity index (χ3v) is 3.65. The summed E-state index contributed by atoms with van der Waals surface area (Å²) in [7, 11) is 1.95. The van der Waals surface area contributed by atoms with Gasteiger partial charge in [0.25, 0.3) is 0 Å². The number of halogens is 1. The van der Waals surface area contributed by atoms with Crippen molar-refractivity contribution in [2.45, 2.75) is 25.8 Å². The molecule has 0 spiro atoms. The van der Waals surface area contributed by atoms with Gasteiger partial charge in [-0.15, -0.1) is 11.6 Å². The summed E-state index contributed by atoms with van der Waals surface area (Å²) in [5.41, 5.74) is 4.17. The Morgan fingerprint density at radius 2 is 2.00 bits per heavy atom. The first-order valence-electron chi connectivity index (χ1n) is 6.60. The summed E-state index contributed by atoms with van der Waals surface area (Å²) in [5, 5.41) is 4.52. The minimum Gasteiger partial charge on any atom is -0.307 e. The molecule has 0 aliphatic rings. The summed E-state index contributed by atoms with van der Waals surface area (Å²) in [4.78, 5) is 8.70. The molecule has 0 aliphatic heterocycles. The van der Waals surface area contributed by atoms with E-state index in [1.165, 1.54) is 5.56 Å². The molecule has 5 nitrogen and oxygen atoms in total. The van der Waals surface area contributed by atoms with E-state index in [0.717, 1.165) is 35.6 Å². The minimum absolute atomic E-state index is 0.392. The van der Waals surface area contributed by atoms with Crippen molar-refractivity contribution in [1.29, 1.82) is 0 Å². The highest BCUT2D eigenvalue weighted by molar-refractivity contribution is 6.16. The molecule has 3 aromatic rings. The van der Waals surface area contributed by atoms with E-state index in [0.29, 0.717) is 5.88 Å². The zero-order valence-corrected chi connectivity index (χ0v) is 12.3. The molecule has 0 amide bonds. The van der Waals surface area contributed by atoms with Crippen LogP contribution in [0.5, 0.6) is 0 Å². The third kappa shape index (κ3) is 2.08. The molecule has 0 unspecified atom stereocenters. The van der Waals surface area contributed by atoms with Crippen molar-refractivity contribution < 1.29 is 0 Å². The van der Waals surface area contributed by atoms with E-state index in [2.05, 4.69) is 26.6 Å². The molecule has 20 heavy (non-hydrogen) atoms. The second kappa shape index (κ2) is 5.25. The maximum atomic E-state index is 6.05. The van der Waals surface area contributed by atoms with Gasteiger partial charge in [-0.25, -0.2) is 4.98 Å². The van der Waals surface area contributed by atoms with Gasteiger partial charge in [0.2, 0.25) is 0 Å². The summed E-state index contributed by atoms with van der Waals surface area (Å²) in [5.74, 6) is 1.27. The predicted octanol–water partition coefficient (Wildman–Crippen LogP) is 2.51. The minimum atomic E-state index is 0.392. The van der Waals surface area contributed by atoms with E-state index < -0.39 is 0 Å². The molecular formula is C14H16ClN5. The first-order chi connectivity index (χ1) is 9.74. The highest BCUT2D eigenvalue weighted by Gasteiger charge is 2.17. The molecule has 0 fully saturated rings. The second-order valence-corrected chi connectivity index (χ2v) is 4.97. The Labute approximate surface area is 122 Å². The lowest BCUT2D eigenvalue weighted by Gasteiger charge is -2.08. The molecule has 0 aliphatic carbocycles. The lowest BCUT2D eigenvalue weighted by Crippen LogP contribution is -2.07. The van der Waals surface area contributed by atoms with Gasteiger partial charge >= 0.3 is 0 Å². The summed E-state index contributed by atoms with van der Waals surface area (Å²) in [6.07, 6.45) is 4.46. The van der Waals surface area contributed by atoms with Crippen LogP contribution in [-0.4, -0.2) is 24.3 Å². The fourth-order valence-electron chi connectivity index (χ4n) is 2.46. The monoisotopic (exact) mass is 289 g/mol. The number of hydrogen-bond donors (Lipinski definition) is 0. The summed E-state index contributed by atoms with van der Waals surface area (Å²) < 4.78 is 4.02. The topological polar surface area (TPSA) is 48.5 Å². The van der Waals surface area contributed by atoms with Gasteiger partial charge in [-0.3, -0.25) is 9.67 Å². The number of alkyl halides is 1. The van der Waals surface area contributed by atoms with Crippen LogP contribution in [0.4, 0.5) is 0 Å². The van der Waals surface area contributed by atoms with Crippen LogP contribution in [0.25, 0.3) is 11.2 Å². The molecule has 3 rings (SSSR count). The Bertz CT molecular complexity index is 729. The number of pyridine rings is 1. The zero-order valence-electron chi connectivity index (χ0n) is 11.5. The molecule has 6 heteroatoms. The van der Waals surface area contributed by atoms with E-state index in [1.54, 1.807) is 12.4 Å². The fourth-order valence-corrected chi connectivity index (χ4v) is 2.67. The number of aromatic nitrogens is 5. The zero-order chi connectivity index (χ0) is 14.1. The van der Waals surface area contributed by atoms with Gasteiger partial charge < -0.3 is 4.57 Å². The molecule has 0 aromatic carbocycles. The van der Waals surface area contributed by atoms with Crippen molar-refractivity contribution in [3.8, 4) is 0 Å². The summed E-state index contributed by atoms with van der Waals surface area (Å²) in [6, 6.07) is 4.00. The maximum Gasteiger partial charge on any atom is 0.159 e. The van der Waals surface area contributed by atoms with E-state index in [4.69, 9.17) is 11.6 Å². The van der Waals surface area contributed by atoms with Gasteiger partial charge in [0.1, 0.15) is 11.3 Å². The van der Waals surface area contributed by atoms with E-state index >= 15 is 0 Å². The number of aryl methyl sites for hydroxylation is 2. The van der Waals surface area contributed by atoms with Crippen molar-refractivity contribution in [1.82, 2.24) is 24.3 Å². The van der Waals surface area contributed by atoms with Crippen LogP contribution < -0.4 is 0 Å². The van der Waals surface area contributed by atoms with Crippen LogP contribution in [0, 0.1) is 0 Å². The quantitative estimate of drug-likeness (QED) is 0.694. The fraction of sp³-hybridized carbons (Fsp3) is 0.357. The normalized spacial score (nSPS) is 11.3. The number of rotatable bonds is 4. The molecule has 0 N–H and O–H groups in total. The molecule has 0 saturated heterocycles. The van der Waals surface area contributed by atoms with Gasteiger partial charge in [0, 0.05) is 19.4 Å². The third-order valence-electron chi connectivity index (χ3n) is 3.41. The Hall–Kier alpha value is -1.88. The van der Waals surface area contributed by atoms with Crippen molar-refractivity contribution in [2.24, 2.45) is 7.05 Å². The van der Waals surface area contributed by atoms with Gasteiger partial charge in [0.15, 0.2) is 5.65 Å². The summed E-state index contributed by atoms with van der Waals surface area (Å²) in [6.45, 7) is 2.81. The Morgan fingerprint density at radius 3 is 2.65 bits per heavy atom. The SMILES string of the molecule is CCc1nn(C)c2c1nc(CCl)n2Cc1ccncc1. The number of hydrogen-bond acceptors (Lipinski definition) is 3. The van der Waals surface area contributed by atoms with Gasteiger partial charge in [-0.05, 0) is 24.1 Å². The van der Waals surface area contributed by atoms with Crippen LogP contribution in [-0.2, 0) is 25.9 Å². The Morgan fingerprint density at radius 1 is 1.25 bits per heavy atom. The molecular weight excluding hydrogens is 274 g/mol. The summed E-state index contributed by atoms with van der Waals surface area (Å²) >= 11 is 6.05. The molecule has 0 bridgehead atoms. The van der Waals surface area contributed by atoms with Gasteiger partial charge in [-0.1, -0.05) is 6.92 Å². The Balaban J connectivity index is 2.15. The number of fused-ring (bicyclic) bond motifs is 1. The average Bonchev–Trinajstić information content (AvgIpc) is 2.98. The molecule has 0 radical (unpaired) electrons. The lowest BCUT2D eigenvalue weighted by atomic mass is 10.2. The lowest BCUT2D eigenvalue weighted by molar-refractivity contribution is 0.697. The van der Waals surface area contributed by atoms with Crippen molar-refractivity contribution in [3.05, 3.63) is 41.6 Å². The van der Waals surface area contributed by atoms with Crippen molar-refractivity contribution in [3.63, 3.8) is 0 Å². The van der Waals surface area contributed by atoms with Crippen LogP contribution in [0.15, 0.2) is 24.5 Å². The molecule has 0 atom stereocenters. The van der Waals surface area contributed by atoms with E-state index in [9.17, 15) is 0 Å². The van der Waals surface area contributed by atoms with Crippen molar-refractivity contribution in [2.75, 3.05) is 0 Å². The van der Waals surface area contributed by atoms with Gasteiger partial charge in [0.05, 0.1) is 18.1 Å².